The summed E-state index contributed by atoms with van der Waals surface area (Å²) >= 11 is 0. The highest BCUT2D eigenvalue weighted by atomic mass is 16.5. The molecular weight excluding hydrogens is 488 g/mol. The van der Waals surface area contributed by atoms with Crippen LogP contribution in [0.3, 0.4) is 0 Å². The molecule has 38 heavy (non-hydrogen) atoms. The first-order valence-electron chi connectivity index (χ1n) is 11.9. The van der Waals surface area contributed by atoms with Crippen molar-refractivity contribution in [1.82, 2.24) is 20.4 Å². The molecule has 1 aliphatic rings. The summed E-state index contributed by atoms with van der Waals surface area (Å²) in [5.74, 6) is -1.03. The summed E-state index contributed by atoms with van der Waals surface area (Å²) < 4.78 is 17.8. The molecule has 5 rings (SSSR count). The summed E-state index contributed by atoms with van der Waals surface area (Å²) in [6.45, 7) is 1.40. The van der Waals surface area contributed by atoms with Gasteiger partial charge in [0.05, 0.1) is 35.5 Å². The normalized spacial score (nSPS) is 15.0. The van der Waals surface area contributed by atoms with Crippen molar-refractivity contribution in [3.8, 4) is 16.9 Å². The van der Waals surface area contributed by atoms with Crippen LogP contribution >= 0.6 is 0 Å². The molecule has 10 nitrogen and oxygen atoms in total. The SMILES string of the molecule is CCOC(=O)C1=C(COC(=O)c2cc(-c3ccccc3)nn2-c2ccccc2)NC(=O)N[C@H]1c1ccco1. The molecule has 0 saturated heterocycles. The molecule has 2 aromatic carbocycles. The van der Waals surface area contributed by atoms with E-state index in [1.165, 1.54) is 10.9 Å². The van der Waals surface area contributed by atoms with Gasteiger partial charge in [-0.15, -0.1) is 0 Å². The molecule has 4 aromatic rings. The lowest BCUT2D eigenvalue weighted by Gasteiger charge is -2.27. The molecule has 1 atom stereocenters. The Morgan fingerprint density at radius 3 is 2.39 bits per heavy atom. The highest BCUT2D eigenvalue weighted by Gasteiger charge is 2.36. The molecule has 0 bridgehead atoms. The van der Waals surface area contributed by atoms with Crippen molar-refractivity contribution in [1.29, 1.82) is 0 Å². The minimum absolute atomic E-state index is 0.0794. The van der Waals surface area contributed by atoms with Gasteiger partial charge in [-0.2, -0.15) is 5.10 Å². The quantitative estimate of drug-likeness (QED) is 0.340. The fourth-order valence-corrected chi connectivity index (χ4v) is 4.10. The summed E-state index contributed by atoms with van der Waals surface area (Å²) in [6.07, 6.45) is 1.43. The van der Waals surface area contributed by atoms with Gasteiger partial charge in [0.2, 0.25) is 0 Å². The van der Waals surface area contributed by atoms with Crippen LogP contribution in [0, 0.1) is 0 Å². The van der Waals surface area contributed by atoms with Gasteiger partial charge in [-0.1, -0.05) is 48.5 Å². The molecule has 2 N–H and O–H groups in total. The van der Waals surface area contributed by atoms with Crippen molar-refractivity contribution in [3.05, 3.63) is 108 Å². The van der Waals surface area contributed by atoms with Crippen molar-refractivity contribution in [2.75, 3.05) is 13.2 Å². The minimum Gasteiger partial charge on any atom is -0.467 e. The number of esters is 2. The van der Waals surface area contributed by atoms with Crippen LogP contribution in [-0.4, -0.2) is 41.0 Å². The van der Waals surface area contributed by atoms with Crippen LogP contribution in [0.2, 0.25) is 0 Å². The number of hydrogen-bond acceptors (Lipinski definition) is 7. The van der Waals surface area contributed by atoms with Gasteiger partial charge < -0.3 is 24.5 Å². The van der Waals surface area contributed by atoms with Gasteiger partial charge in [0, 0.05) is 5.56 Å². The second kappa shape index (κ2) is 10.9. The van der Waals surface area contributed by atoms with Crippen LogP contribution < -0.4 is 10.6 Å². The number of aromatic nitrogens is 2. The van der Waals surface area contributed by atoms with E-state index in [9.17, 15) is 14.4 Å². The topological polar surface area (TPSA) is 125 Å². The van der Waals surface area contributed by atoms with Gasteiger partial charge in [-0.05, 0) is 37.3 Å². The first-order valence-corrected chi connectivity index (χ1v) is 11.9. The van der Waals surface area contributed by atoms with Crippen LogP contribution in [-0.2, 0) is 14.3 Å². The van der Waals surface area contributed by atoms with E-state index in [0.717, 1.165) is 5.56 Å². The van der Waals surface area contributed by atoms with Gasteiger partial charge in [-0.3, -0.25) is 0 Å². The van der Waals surface area contributed by atoms with E-state index >= 15 is 0 Å². The maximum Gasteiger partial charge on any atom is 0.357 e. The van der Waals surface area contributed by atoms with E-state index in [2.05, 4.69) is 15.7 Å². The number of carbonyl (C=O) groups excluding carboxylic acids is 3. The maximum atomic E-state index is 13.4. The van der Waals surface area contributed by atoms with Crippen LogP contribution in [0.5, 0.6) is 0 Å². The van der Waals surface area contributed by atoms with Crippen LogP contribution in [0.4, 0.5) is 4.79 Å². The first-order chi connectivity index (χ1) is 18.5. The smallest absolute Gasteiger partial charge is 0.357 e. The van der Waals surface area contributed by atoms with Gasteiger partial charge in [0.1, 0.15) is 18.4 Å². The molecule has 0 radical (unpaired) electrons. The molecule has 0 unspecified atom stereocenters. The molecule has 0 aliphatic carbocycles. The van der Waals surface area contributed by atoms with Crippen LogP contribution in [0.15, 0.2) is 101 Å². The standard InChI is InChI=1S/C28H24N4O6/c1-2-36-27(34)24-21(29-28(35)30-25(24)23-14-9-15-37-23)17-38-26(33)22-16-20(18-10-5-3-6-11-18)31-32(22)19-12-7-4-8-13-19/h3-16,25H,2,17H2,1H3,(H2,29,30,35)/t25-/m0/s1. The third kappa shape index (κ3) is 5.05. The predicted molar refractivity (Wildman–Crippen MR) is 136 cm³/mol. The third-order valence-corrected chi connectivity index (χ3v) is 5.81. The predicted octanol–water partition coefficient (Wildman–Crippen LogP) is 4.16. The van der Waals surface area contributed by atoms with E-state index in [1.807, 2.05) is 60.7 Å². The zero-order valence-electron chi connectivity index (χ0n) is 20.4. The number of nitrogens with one attached hydrogen (secondary N) is 2. The van der Waals surface area contributed by atoms with E-state index in [0.29, 0.717) is 17.1 Å². The fourth-order valence-electron chi connectivity index (χ4n) is 4.10. The Morgan fingerprint density at radius 1 is 0.974 bits per heavy atom. The Labute approximate surface area is 217 Å². The van der Waals surface area contributed by atoms with Gasteiger partial charge in [0.15, 0.2) is 5.69 Å². The molecule has 2 amide bonds. The Hall–Kier alpha value is -5.12. The van der Waals surface area contributed by atoms with Crippen LogP contribution in [0.1, 0.15) is 29.2 Å². The van der Waals surface area contributed by atoms with Crippen molar-refractivity contribution in [3.63, 3.8) is 0 Å². The van der Waals surface area contributed by atoms with E-state index in [4.69, 9.17) is 13.9 Å². The highest BCUT2D eigenvalue weighted by molar-refractivity contribution is 5.95. The van der Waals surface area contributed by atoms with Crippen molar-refractivity contribution in [2.24, 2.45) is 0 Å². The lowest BCUT2D eigenvalue weighted by Crippen LogP contribution is -2.47. The molecule has 192 valence electrons. The van der Waals surface area contributed by atoms with E-state index < -0.39 is 30.6 Å². The number of carbonyl (C=O) groups is 3. The molecule has 1 aliphatic heterocycles. The molecular formula is C28H24N4O6. The molecule has 0 saturated carbocycles. The number of hydrogen-bond donors (Lipinski definition) is 2. The Balaban J connectivity index is 1.48. The fraction of sp³-hybridized carbons (Fsp3) is 0.143. The van der Waals surface area contributed by atoms with Crippen molar-refractivity contribution < 1.29 is 28.3 Å². The second-order valence-electron chi connectivity index (χ2n) is 8.26. The summed E-state index contributed by atoms with van der Waals surface area (Å²) in [5, 5.41) is 9.85. The number of furan rings is 1. The zero-order chi connectivity index (χ0) is 26.5. The van der Waals surface area contributed by atoms with E-state index in [-0.39, 0.29) is 23.6 Å². The lowest BCUT2D eigenvalue weighted by molar-refractivity contribution is -0.139. The number of amides is 2. The Bertz CT molecular complexity index is 1480. The average Bonchev–Trinajstić information content (AvgIpc) is 3.64. The highest BCUT2D eigenvalue weighted by Crippen LogP contribution is 2.29. The Kier molecular flexibility index (Phi) is 7.03. The zero-order valence-corrected chi connectivity index (χ0v) is 20.4. The number of ether oxygens (including phenoxy) is 2. The molecule has 2 aromatic heterocycles. The van der Waals surface area contributed by atoms with Crippen molar-refractivity contribution >= 4 is 18.0 Å². The largest absolute Gasteiger partial charge is 0.467 e. The van der Waals surface area contributed by atoms with Crippen molar-refractivity contribution in [2.45, 2.75) is 13.0 Å². The first kappa shape index (κ1) is 24.6. The number of benzene rings is 2. The maximum absolute atomic E-state index is 13.4. The monoisotopic (exact) mass is 512 g/mol. The number of para-hydroxylation sites is 1. The van der Waals surface area contributed by atoms with Crippen LogP contribution in [0.25, 0.3) is 16.9 Å². The minimum atomic E-state index is -0.911. The van der Waals surface area contributed by atoms with Gasteiger partial charge in [-0.25, -0.2) is 19.1 Å². The summed E-state index contributed by atoms with van der Waals surface area (Å²) in [5.41, 5.74) is 2.43. The third-order valence-electron chi connectivity index (χ3n) is 5.81. The number of urea groups is 1. The molecule has 0 fully saturated rings. The summed E-state index contributed by atoms with van der Waals surface area (Å²) in [7, 11) is 0. The number of rotatable bonds is 8. The summed E-state index contributed by atoms with van der Waals surface area (Å²) in [4.78, 5) is 38.6. The Morgan fingerprint density at radius 2 is 1.71 bits per heavy atom. The number of nitrogens with zero attached hydrogens (tertiary/aromatic N) is 2. The van der Waals surface area contributed by atoms with Gasteiger partial charge >= 0.3 is 18.0 Å². The molecule has 3 heterocycles. The average molecular weight is 513 g/mol. The second-order valence-corrected chi connectivity index (χ2v) is 8.26. The summed E-state index contributed by atoms with van der Waals surface area (Å²) in [6, 6.07) is 22.0. The van der Waals surface area contributed by atoms with E-state index in [1.54, 1.807) is 25.1 Å². The lowest BCUT2D eigenvalue weighted by atomic mass is 10.0. The molecule has 0 spiro atoms. The van der Waals surface area contributed by atoms with Gasteiger partial charge in [0.25, 0.3) is 0 Å². The molecule has 10 heteroatoms.